The zero-order valence-corrected chi connectivity index (χ0v) is 9.41. The molecule has 0 unspecified atom stereocenters. The molecule has 0 saturated heterocycles. The molecule has 0 aromatic rings. The first-order valence-corrected chi connectivity index (χ1v) is 5.69. The van der Waals surface area contributed by atoms with E-state index in [2.05, 4.69) is 50.3 Å². The lowest BCUT2D eigenvalue weighted by molar-refractivity contribution is 0.729. The molecule has 0 heteroatoms. The third-order valence-electron chi connectivity index (χ3n) is 1.95. The van der Waals surface area contributed by atoms with Crippen molar-refractivity contribution < 1.29 is 0 Å². The van der Waals surface area contributed by atoms with Crippen molar-refractivity contribution in [2.75, 3.05) is 0 Å². The summed E-state index contributed by atoms with van der Waals surface area (Å²) in [5.74, 6) is 0. The van der Waals surface area contributed by atoms with E-state index in [0.29, 0.717) is 0 Å². The predicted molar refractivity (Wildman–Crippen MR) is 66.2 cm³/mol. The standard InChI is InChI=1S/C14H23/c1-3-5-7-9-11-13-14-12-10-8-6-4-2/h7,9,11-14H,1,3-6,8,10H2,2H3/b9-7+,13-11+,14-12+. The topological polar surface area (TPSA) is 0 Å². The molecule has 0 aromatic heterocycles. The minimum atomic E-state index is 0.983. The minimum absolute atomic E-state index is 0.983. The SMILES string of the molecule is [CH2]CC/C=C/C=C/C=C/CCCCC. The third-order valence-corrected chi connectivity index (χ3v) is 1.95. The molecule has 0 aliphatic heterocycles. The van der Waals surface area contributed by atoms with E-state index in [0.717, 1.165) is 12.8 Å². The maximum atomic E-state index is 3.77. The van der Waals surface area contributed by atoms with E-state index >= 15 is 0 Å². The van der Waals surface area contributed by atoms with Crippen LogP contribution in [-0.4, -0.2) is 0 Å². The fraction of sp³-hybridized carbons (Fsp3) is 0.500. The largest absolute Gasteiger partial charge is 0.0845 e. The van der Waals surface area contributed by atoms with Gasteiger partial charge in [-0.3, -0.25) is 0 Å². The van der Waals surface area contributed by atoms with Gasteiger partial charge in [-0.05, 0) is 25.7 Å². The summed E-state index contributed by atoms with van der Waals surface area (Å²) in [5, 5.41) is 0. The van der Waals surface area contributed by atoms with Crippen molar-refractivity contribution in [1.29, 1.82) is 0 Å². The minimum Gasteiger partial charge on any atom is -0.0845 e. The van der Waals surface area contributed by atoms with Crippen molar-refractivity contribution in [3.05, 3.63) is 43.4 Å². The molecule has 0 atom stereocenters. The second-order valence-electron chi connectivity index (χ2n) is 3.38. The Morgan fingerprint density at radius 2 is 1.50 bits per heavy atom. The summed E-state index contributed by atoms with van der Waals surface area (Å²) in [5.41, 5.74) is 0. The lowest BCUT2D eigenvalue weighted by Gasteiger charge is -1.89. The first-order valence-electron chi connectivity index (χ1n) is 5.69. The van der Waals surface area contributed by atoms with Crippen LogP contribution in [0.25, 0.3) is 0 Å². The molecule has 0 spiro atoms. The van der Waals surface area contributed by atoms with Gasteiger partial charge in [-0.1, -0.05) is 63.1 Å². The van der Waals surface area contributed by atoms with Crippen LogP contribution in [0.15, 0.2) is 36.5 Å². The lowest BCUT2D eigenvalue weighted by atomic mass is 10.2. The van der Waals surface area contributed by atoms with Crippen LogP contribution >= 0.6 is 0 Å². The van der Waals surface area contributed by atoms with E-state index in [1.807, 2.05) is 0 Å². The summed E-state index contributed by atoms with van der Waals surface area (Å²) in [4.78, 5) is 0. The second-order valence-corrected chi connectivity index (χ2v) is 3.38. The summed E-state index contributed by atoms with van der Waals surface area (Å²) in [7, 11) is 0. The Hall–Kier alpha value is -0.780. The van der Waals surface area contributed by atoms with Crippen LogP contribution < -0.4 is 0 Å². The van der Waals surface area contributed by atoms with E-state index in [9.17, 15) is 0 Å². The maximum absolute atomic E-state index is 3.77. The normalized spacial score (nSPS) is 12.4. The Balaban J connectivity index is 3.31. The molecule has 0 heterocycles. The molecular weight excluding hydrogens is 168 g/mol. The Kier molecular flexibility index (Phi) is 11.5. The van der Waals surface area contributed by atoms with Crippen molar-refractivity contribution in [3.8, 4) is 0 Å². The highest BCUT2D eigenvalue weighted by Crippen LogP contribution is 1.99. The summed E-state index contributed by atoms with van der Waals surface area (Å²) in [6.07, 6.45) is 20.0. The van der Waals surface area contributed by atoms with Crippen molar-refractivity contribution in [2.24, 2.45) is 0 Å². The zero-order chi connectivity index (χ0) is 10.5. The van der Waals surface area contributed by atoms with Gasteiger partial charge in [-0.2, -0.15) is 0 Å². The quantitative estimate of drug-likeness (QED) is 0.380. The number of unbranched alkanes of at least 4 members (excludes halogenated alkanes) is 4. The summed E-state index contributed by atoms with van der Waals surface area (Å²) >= 11 is 0. The van der Waals surface area contributed by atoms with Gasteiger partial charge in [0.15, 0.2) is 0 Å². The van der Waals surface area contributed by atoms with Gasteiger partial charge in [0.05, 0.1) is 0 Å². The first-order chi connectivity index (χ1) is 6.91. The number of hydrogen-bond donors (Lipinski definition) is 0. The molecule has 1 radical (unpaired) electrons. The fourth-order valence-corrected chi connectivity index (χ4v) is 1.11. The van der Waals surface area contributed by atoms with Crippen LogP contribution in [0.1, 0.15) is 45.4 Å². The highest BCUT2D eigenvalue weighted by molar-refractivity contribution is 5.10. The van der Waals surface area contributed by atoms with Gasteiger partial charge in [0.1, 0.15) is 0 Å². The highest BCUT2D eigenvalue weighted by Gasteiger charge is 1.79. The molecule has 0 fully saturated rings. The van der Waals surface area contributed by atoms with Gasteiger partial charge >= 0.3 is 0 Å². The van der Waals surface area contributed by atoms with E-state index in [4.69, 9.17) is 0 Å². The second kappa shape index (κ2) is 12.2. The Morgan fingerprint density at radius 3 is 2.07 bits per heavy atom. The molecule has 0 aliphatic carbocycles. The molecule has 0 nitrogen and oxygen atoms in total. The van der Waals surface area contributed by atoms with Crippen molar-refractivity contribution in [1.82, 2.24) is 0 Å². The summed E-state index contributed by atoms with van der Waals surface area (Å²) < 4.78 is 0. The van der Waals surface area contributed by atoms with Gasteiger partial charge in [0.25, 0.3) is 0 Å². The van der Waals surface area contributed by atoms with Crippen LogP contribution in [0, 0.1) is 6.92 Å². The lowest BCUT2D eigenvalue weighted by Crippen LogP contribution is -1.69. The number of hydrogen-bond acceptors (Lipinski definition) is 0. The molecule has 0 bridgehead atoms. The van der Waals surface area contributed by atoms with Crippen LogP contribution in [0.2, 0.25) is 0 Å². The van der Waals surface area contributed by atoms with Crippen LogP contribution in [0.5, 0.6) is 0 Å². The van der Waals surface area contributed by atoms with Gasteiger partial charge in [0, 0.05) is 0 Å². The average Bonchev–Trinajstić information content (AvgIpc) is 2.21. The maximum Gasteiger partial charge on any atom is -0.0348 e. The summed E-state index contributed by atoms with van der Waals surface area (Å²) in [6, 6.07) is 0. The van der Waals surface area contributed by atoms with Crippen molar-refractivity contribution in [2.45, 2.75) is 45.4 Å². The molecule has 0 amide bonds. The predicted octanol–water partition coefficient (Wildman–Crippen LogP) is 4.85. The van der Waals surface area contributed by atoms with Gasteiger partial charge in [-0.25, -0.2) is 0 Å². The third kappa shape index (κ3) is 11.2. The van der Waals surface area contributed by atoms with Gasteiger partial charge < -0.3 is 0 Å². The van der Waals surface area contributed by atoms with Crippen molar-refractivity contribution >= 4 is 0 Å². The van der Waals surface area contributed by atoms with E-state index < -0.39 is 0 Å². The highest BCUT2D eigenvalue weighted by atomic mass is 13.9. The molecule has 0 rings (SSSR count). The molecule has 79 valence electrons. The number of rotatable bonds is 8. The van der Waals surface area contributed by atoms with Gasteiger partial charge in [0.2, 0.25) is 0 Å². The fourth-order valence-electron chi connectivity index (χ4n) is 1.11. The molecule has 0 aromatic carbocycles. The zero-order valence-electron chi connectivity index (χ0n) is 9.41. The van der Waals surface area contributed by atoms with Crippen LogP contribution in [0.3, 0.4) is 0 Å². The molecule has 14 heavy (non-hydrogen) atoms. The first kappa shape index (κ1) is 13.2. The monoisotopic (exact) mass is 191 g/mol. The van der Waals surface area contributed by atoms with E-state index in [1.165, 1.54) is 25.7 Å². The van der Waals surface area contributed by atoms with E-state index in [1.54, 1.807) is 0 Å². The molecule has 0 saturated carbocycles. The van der Waals surface area contributed by atoms with Crippen LogP contribution in [0.4, 0.5) is 0 Å². The van der Waals surface area contributed by atoms with Crippen molar-refractivity contribution in [3.63, 3.8) is 0 Å². The average molecular weight is 191 g/mol. The molecular formula is C14H23. The van der Waals surface area contributed by atoms with E-state index in [-0.39, 0.29) is 0 Å². The molecule has 0 N–H and O–H groups in total. The smallest absolute Gasteiger partial charge is 0.0348 e. The van der Waals surface area contributed by atoms with Crippen LogP contribution in [-0.2, 0) is 0 Å². The Morgan fingerprint density at radius 1 is 0.857 bits per heavy atom. The Labute approximate surface area is 89.4 Å². The van der Waals surface area contributed by atoms with Gasteiger partial charge in [-0.15, -0.1) is 0 Å². The Bertz CT molecular complexity index is 172. The number of allylic oxidation sites excluding steroid dienone is 6. The summed E-state index contributed by atoms with van der Waals surface area (Å²) in [6.45, 7) is 6.01. The molecule has 0 aliphatic rings.